The van der Waals surface area contributed by atoms with Crippen molar-refractivity contribution in [3.63, 3.8) is 0 Å². The molecule has 0 saturated carbocycles. The Morgan fingerprint density at radius 2 is 1.67 bits per heavy atom. The third-order valence-corrected chi connectivity index (χ3v) is 9.87. The van der Waals surface area contributed by atoms with Gasteiger partial charge in [0.2, 0.25) is 18.2 Å². The highest BCUT2D eigenvalue weighted by molar-refractivity contribution is 8.16. The number of thioether (sulfide) groups is 5. The molecule has 6 nitrogen and oxygen atoms in total. The van der Waals surface area contributed by atoms with Crippen LogP contribution in [0, 0.1) is 0 Å². The average Bonchev–Trinajstić information content (AvgIpc) is 2.61. The number of isocyanates is 3. The lowest BCUT2D eigenvalue weighted by molar-refractivity contribution is 0.559. The van der Waals surface area contributed by atoms with Crippen molar-refractivity contribution in [2.24, 2.45) is 15.0 Å². The van der Waals surface area contributed by atoms with Gasteiger partial charge in [0.05, 0.1) is 12.4 Å². The van der Waals surface area contributed by atoms with Gasteiger partial charge in [-0.1, -0.05) is 0 Å². The summed E-state index contributed by atoms with van der Waals surface area (Å²) in [6.07, 6.45) is 4.54. The van der Waals surface area contributed by atoms with Crippen LogP contribution < -0.4 is 0 Å². The molecule has 0 N–H and O–H groups in total. The van der Waals surface area contributed by atoms with Crippen LogP contribution in [0.2, 0.25) is 0 Å². The second kappa shape index (κ2) is 15.2. The van der Waals surface area contributed by atoms with Crippen molar-refractivity contribution < 1.29 is 14.4 Å². The summed E-state index contributed by atoms with van der Waals surface area (Å²) in [5.41, 5.74) is 0. The van der Waals surface area contributed by atoms with Gasteiger partial charge in [-0.15, -0.1) is 35.3 Å². The van der Waals surface area contributed by atoms with Gasteiger partial charge >= 0.3 is 0 Å². The van der Waals surface area contributed by atoms with Crippen molar-refractivity contribution in [2.45, 2.75) is 15.9 Å². The van der Waals surface area contributed by atoms with Gasteiger partial charge in [0.15, 0.2) is 0 Å². The van der Waals surface area contributed by atoms with Crippen molar-refractivity contribution in [2.75, 3.05) is 40.5 Å². The molecule has 11 heteroatoms. The monoisotopic (exact) mass is 423 g/mol. The zero-order chi connectivity index (χ0) is 17.5. The zero-order valence-electron chi connectivity index (χ0n) is 12.8. The fourth-order valence-corrected chi connectivity index (χ4v) is 8.22. The molecule has 0 aromatic rings. The Labute approximate surface area is 162 Å². The lowest BCUT2D eigenvalue weighted by atomic mass is 10.5. The molecule has 0 amide bonds. The first-order valence-electron chi connectivity index (χ1n) is 6.94. The summed E-state index contributed by atoms with van der Waals surface area (Å²) in [4.78, 5) is 41.1. The quantitative estimate of drug-likeness (QED) is 0.205. The predicted molar refractivity (Wildman–Crippen MR) is 108 cm³/mol. The minimum absolute atomic E-state index is 0.180. The molecule has 1 aliphatic heterocycles. The molecule has 0 aliphatic carbocycles. The van der Waals surface area contributed by atoms with Crippen molar-refractivity contribution in [1.29, 1.82) is 0 Å². The molecule has 0 radical (unpaired) electrons. The molecule has 3 unspecified atom stereocenters. The van der Waals surface area contributed by atoms with Crippen LogP contribution >= 0.6 is 58.8 Å². The van der Waals surface area contributed by atoms with E-state index >= 15 is 0 Å². The summed E-state index contributed by atoms with van der Waals surface area (Å²) < 4.78 is 0. The molecule has 132 valence electrons. The summed E-state index contributed by atoms with van der Waals surface area (Å²) >= 11 is 8.96. The van der Waals surface area contributed by atoms with Crippen LogP contribution in [0.25, 0.3) is 0 Å². The van der Waals surface area contributed by atoms with E-state index in [1.165, 1.54) is 30.0 Å². The number of hydrogen-bond acceptors (Lipinski definition) is 11. The van der Waals surface area contributed by atoms with E-state index in [1.54, 1.807) is 11.8 Å². The Balaban J connectivity index is 2.14. The Morgan fingerprint density at radius 1 is 0.958 bits per heavy atom. The highest BCUT2D eigenvalue weighted by Gasteiger charge is 2.23. The van der Waals surface area contributed by atoms with E-state index < -0.39 is 0 Å². The second-order valence-corrected chi connectivity index (χ2v) is 10.7. The van der Waals surface area contributed by atoms with E-state index in [1.807, 2.05) is 35.3 Å². The van der Waals surface area contributed by atoms with Gasteiger partial charge in [-0.05, 0) is 0 Å². The van der Waals surface area contributed by atoms with Crippen LogP contribution in [0.4, 0.5) is 0 Å². The van der Waals surface area contributed by atoms with E-state index in [0.29, 0.717) is 16.4 Å². The number of hydrogen-bond donors (Lipinski definition) is 0. The maximum atomic E-state index is 10.4. The van der Waals surface area contributed by atoms with Crippen LogP contribution in [0.5, 0.6) is 0 Å². The van der Waals surface area contributed by atoms with Crippen molar-refractivity contribution >= 4 is 77.0 Å². The zero-order valence-corrected chi connectivity index (χ0v) is 16.9. The average molecular weight is 424 g/mol. The minimum atomic E-state index is -0.339. The topological polar surface area (TPSA) is 88.3 Å². The van der Waals surface area contributed by atoms with Crippen LogP contribution in [-0.2, 0) is 14.4 Å². The van der Waals surface area contributed by atoms with Crippen molar-refractivity contribution in [3.8, 4) is 0 Å². The molecule has 0 aromatic carbocycles. The highest BCUT2D eigenvalue weighted by atomic mass is 32.2. The minimum Gasteiger partial charge on any atom is -0.211 e. The van der Waals surface area contributed by atoms with E-state index in [2.05, 4.69) is 15.0 Å². The Bertz CT molecular complexity index is 497. The first-order chi connectivity index (χ1) is 11.8. The van der Waals surface area contributed by atoms with Gasteiger partial charge in [-0.3, -0.25) is 0 Å². The number of nitrogens with zero attached hydrogens (tertiary/aromatic N) is 3. The number of carbonyl (C=O) groups excluding carboxylic acids is 3. The molecular formula is C13H17N3O3S5. The van der Waals surface area contributed by atoms with Gasteiger partial charge in [0.1, 0.15) is 5.37 Å². The van der Waals surface area contributed by atoms with Crippen LogP contribution in [0.3, 0.4) is 0 Å². The third kappa shape index (κ3) is 10.7. The molecule has 0 aromatic heterocycles. The lowest BCUT2D eigenvalue weighted by Crippen LogP contribution is -2.25. The summed E-state index contributed by atoms with van der Waals surface area (Å²) in [6, 6.07) is 0. The standard InChI is InChI=1S/C13H17N3O3S5/c17-6-14-1-13(16-8-19)24-5-12-4-22-11(3-23-12)2-20-10-21-9-15-7-18/h11-13H,1-5,9-10H2. The fraction of sp³-hybridized carbons (Fsp3) is 0.769. The Morgan fingerprint density at radius 3 is 2.29 bits per heavy atom. The van der Waals surface area contributed by atoms with Crippen LogP contribution in [0.1, 0.15) is 0 Å². The van der Waals surface area contributed by atoms with Gasteiger partial charge < -0.3 is 0 Å². The van der Waals surface area contributed by atoms with Gasteiger partial charge in [-0.2, -0.15) is 33.5 Å². The summed E-state index contributed by atoms with van der Waals surface area (Å²) in [6.45, 7) is 0.180. The van der Waals surface area contributed by atoms with Crippen molar-refractivity contribution in [3.05, 3.63) is 0 Å². The van der Waals surface area contributed by atoms with Crippen LogP contribution in [-0.4, -0.2) is 74.6 Å². The molecule has 1 fully saturated rings. The predicted octanol–water partition coefficient (Wildman–Crippen LogP) is 2.65. The number of aliphatic imine (C=N–C) groups is 3. The maximum absolute atomic E-state index is 10.4. The molecular weight excluding hydrogens is 406 g/mol. The molecule has 0 bridgehead atoms. The summed E-state index contributed by atoms with van der Waals surface area (Å²) in [5.74, 6) is 4.64. The summed E-state index contributed by atoms with van der Waals surface area (Å²) in [7, 11) is 0. The largest absolute Gasteiger partial charge is 0.236 e. The fourth-order valence-electron chi connectivity index (χ4n) is 1.65. The van der Waals surface area contributed by atoms with Crippen LogP contribution in [0.15, 0.2) is 15.0 Å². The highest BCUT2D eigenvalue weighted by Crippen LogP contribution is 2.34. The SMILES string of the molecule is O=C=NCSCSCC1CSC(CSC(CN=C=O)N=C=O)CS1. The van der Waals surface area contributed by atoms with Gasteiger partial charge in [0, 0.05) is 38.6 Å². The maximum Gasteiger partial charge on any atom is 0.236 e. The number of rotatable bonds is 12. The molecule has 24 heavy (non-hydrogen) atoms. The van der Waals surface area contributed by atoms with E-state index in [9.17, 15) is 14.4 Å². The third-order valence-electron chi connectivity index (χ3n) is 2.71. The van der Waals surface area contributed by atoms with Crippen molar-refractivity contribution in [1.82, 2.24) is 0 Å². The van der Waals surface area contributed by atoms with Gasteiger partial charge in [0.25, 0.3) is 0 Å². The molecule has 1 heterocycles. The smallest absolute Gasteiger partial charge is 0.211 e. The van der Waals surface area contributed by atoms with E-state index in [-0.39, 0.29) is 11.9 Å². The van der Waals surface area contributed by atoms with E-state index in [0.717, 1.165) is 28.1 Å². The first kappa shape index (κ1) is 21.9. The molecule has 3 atom stereocenters. The van der Waals surface area contributed by atoms with Gasteiger partial charge in [-0.25, -0.2) is 19.4 Å². The second-order valence-electron chi connectivity index (χ2n) is 4.42. The lowest BCUT2D eigenvalue weighted by Gasteiger charge is -2.27. The molecule has 0 spiro atoms. The molecule has 1 saturated heterocycles. The molecule has 1 rings (SSSR count). The molecule has 1 aliphatic rings. The van der Waals surface area contributed by atoms with E-state index in [4.69, 9.17) is 0 Å². The Hall–Kier alpha value is -0.110. The normalized spacial score (nSPS) is 21.0. The Kier molecular flexibility index (Phi) is 13.9. The first-order valence-corrected chi connectivity index (χ1v) is 12.4. The summed E-state index contributed by atoms with van der Waals surface area (Å²) in [5, 5.41) is 1.75.